The molecular weight excluding hydrogens is 506 g/mol. The molecule has 208 valence electrons. The molecule has 6 rings (SSSR count). The van der Waals surface area contributed by atoms with Gasteiger partial charge in [0.1, 0.15) is 12.5 Å². The molecule has 0 radical (unpaired) electrons. The molecule has 10 heteroatoms. The Kier molecular flexibility index (Phi) is 7.50. The zero-order valence-electron chi connectivity index (χ0n) is 22.8. The van der Waals surface area contributed by atoms with Crippen LogP contribution in [-0.4, -0.2) is 75.5 Å². The second-order valence-electron chi connectivity index (χ2n) is 10.7. The van der Waals surface area contributed by atoms with E-state index in [1.54, 1.807) is 23.4 Å². The van der Waals surface area contributed by atoms with E-state index in [1.807, 2.05) is 35.5 Å². The molecule has 0 atom stereocenters. The van der Waals surface area contributed by atoms with Gasteiger partial charge >= 0.3 is 0 Å². The molecule has 10 nitrogen and oxygen atoms in total. The van der Waals surface area contributed by atoms with Crippen molar-refractivity contribution in [3.8, 4) is 0 Å². The fourth-order valence-corrected chi connectivity index (χ4v) is 5.40. The van der Waals surface area contributed by atoms with Crippen molar-refractivity contribution in [1.29, 1.82) is 0 Å². The number of carbonyl (C=O) groups is 2. The molecule has 40 heavy (non-hydrogen) atoms. The third-order valence-corrected chi connectivity index (χ3v) is 7.85. The Labute approximate surface area is 234 Å². The van der Waals surface area contributed by atoms with Crippen molar-refractivity contribution < 1.29 is 14.3 Å². The molecule has 0 spiro atoms. The van der Waals surface area contributed by atoms with Crippen LogP contribution in [0.5, 0.6) is 0 Å². The van der Waals surface area contributed by atoms with Gasteiger partial charge in [0.15, 0.2) is 5.82 Å². The zero-order valence-corrected chi connectivity index (χ0v) is 22.8. The number of piperidine rings is 1. The Morgan fingerprint density at radius 2 is 1.85 bits per heavy atom. The lowest BCUT2D eigenvalue weighted by molar-refractivity contribution is -0.131. The number of amides is 2. The van der Waals surface area contributed by atoms with E-state index in [9.17, 15) is 9.59 Å². The van der Waals surface area contributed by atoms with Crippen LogP contribution in [0.15, 0.2) is 61.2 Å². The van der Waals surface area contributed by atoms with Crippen molar-refractivity contribution in [2.75, 3.05) is 49.6 Å². The number of carbonyl (C=O) groups excluding carboxylic acids is 2. The minimum Gasteiger partial charge on any atom is -0.378 e. The van der Waals surface area contributed by atoms with Crippen LogP contribution in [0.1, 0.15) is 41.5 Å². The van der Waals surface area contributed by atoms with Crippen molar-refractivity contribution >= 4 is 29.0 Å². The monoisotopic (exact) mass is 541 g/mol. The summed E-state index contributed by atoms with van der Waals surface area (Å²) in [6, 6.07) is 11.8. The number of hydrogen-bond donors (Lipinski definition) is 1. The molecule has 3 aromatic rings. The maximum atomic E-state index is 12.9. The molecule has 0 unspecified atom stereocenters. The number of imidazole rings is 1. The molecule has 0 saturated carbocycles. The maximum Gasteiger partial charge on any atom is 0.255 e. The Bertz CT molecular complexity index is 1390. The van der Waals surface area contributed by atoms with Gasteiger partial charge in [-0.1, -0.05) is 19.1 Å². The van der Waals surface area contributed by atoms with E-state index in [0.29, 0.717) is 56.7 Å². The Balaban J connectivity index is 1.17. The largest absolute Gasteiger partial charge is 0.378 e. The number of nitrogens with zero attached hydrogens (tertiary/aromatic N) is 6. The van der Waals surface area contributed by atoms with Crippen LogP contribution >= 0.6 is 0 Å². The van der Waals surface area contributed by atoms with Gasteiger partial charge in [0.05, 0.1) is 30.9 Å². The predicted molar refractivity (Wildman–Crippen MR) is 152 cm³/mol. The lowest BCUT2D eigenvalue weighted by Crippen LogP contribution is -2.40. The minimum absolute atomic E-state index is 0.0332. The molecule has 1 N–H and O–H groups in total. The van der Waals surface area contributed by atoms with Gasteiger partial charge < -0.3 is 29.3 Å². The first-order valence-electron chi connectivity index (χ1n) is 14.0. The first-order chi connectivity index (χ1) is 19.5. The summed E-state index contributed by atoms with van der Waals surface area (Å²) in [5, 5.41) is 3.38. The number of ether oxygens (including phenoxy) is 1. The van der Waals surface area contributed by atoms with Gasteiger partial charge in [0, 0.05) is 56.7 Å². The topological polar surface area (TPSA) is 95.8 Å². The highest BCUT2D eigenvalue weighted by Gasteiger charge is 2.23. The van der Waals surface area contributed by atoms with E-state index in [-0.39, 0.29) is 11.8 Å². The van der Waals surface area contributed by atoms with Crippen LogP contribution in [0.2, 0.25) is 0 Å². The number of rotatable bonds is 6. The quantitative estimate of drug-likeness (QED) is 0.511. The van der Waals surface area contributed by atoms with E-state index in [2.05, 4.69) is 43.8 Å². The predicted octanol–water partition coefficient (Wildman–Crippen LogP) is 3.44. The zero-order chi connectivity index (χ0) is 27.5. The molecular formula is C30H35N7O3. The molecule has 2 aromatic heterocycles. The summed E-state index contributed by atoms with van der Waals surface area (Å²) >= 11 is 0. The Hall–Kier alpha value is -4.18. The summed E-state index contributed by atoms with van der Waals surface area (Å²) in [4.78, 5) is 40.7. The van der Waals surface area contributed by atoms with Gasteiger partial charge in [0.25, 0.3) is 5.91 Å². The van der Waals surface area contributed by atoms with Crippen LogP contribution in [-0.2, 0) is 22.6 Å². The van der Waals surface area contributed by atoms with Crippen LogP contribution in [0.4, 0.5) is 11.5 Å². The molecule has 2 fully saturated rings. The number of hydrogen-bond acceptors (Lipinski definition) is 7. The smallest absolute Gasteiger partial charge is 0.255 e. The van der Waals surface area contributed by atoms with E-state index >= 15 is 0 Å². The van der Waals surface area contributed by atoms with Crippen molar-refractivity contribution in [3.63, 3.8) is 0 Å². The normalized spacial score (nSPS) is 17.8. The molecule has 0 bridgehead atoms. The van der Waals surface area contributed by atoms with Crippen molar-refractivity contribution in [1.82, 2.24) is 24.3 Å². The SMILES string of the molecule is CC1CCN(C(=O)Cc2cccc(N3C=C(Nc4ccc(C(=O)N5CCOCC5)cn4)c4nccn4C3)c2)CC1. The van der Waals surface area contributed by atoms with E-state index in [1.165, 1.54) is 0 Å². The second-order valence-corrected chi connectivity index (χ2v) is 10.7. The Morgan fingerprint density at radius 3 is 2.62 bits per heavy atom. The summed E-state index contributed by atoms with van der Waals surface area (Å²) in [6.45, 7) is 6.87. The van der Waals surface area contributed by atoms with Gasteiger partial charge in [-0.2, -0.15) is 0 Å². The van der Waals surface area contributed by atoms with Crippen LogP contribution in [0.25, 0.3) is 5.70 Å². The molecule has 5 heterocycles. The number of pyridine rings is 1. The first kappa shape index (κ1) is 26.1. The lowest BCUT2D eigenvalue weighted by atomic mass is 9.98. The second kappa shape index (κ2) is 11.5. The number of fused-ring (bicyclic) bond motifs is 1. The standard InChI is InChI=1S/C30H35N7O3/c1-22-7-10-34(11-8-22)28(38)18-23-3-2-4-25(17-23)37-20-26(29-31-9-12-36(29)21-37)33-27-6-5-24(19-32-27)30(39)35-13-15-40-16-14-35/h2-6,9,12,17,19-20,22H,7-8,10-11,13-16,18,21H2,1H3,(H,32,33). The highest BCUT2D eigenvalue weighted by Crippen LogP contribution is 2.27. The average Bonchev–Trinajstić information content (AvgIpc) is 3.47. The minimum atomic E-state index is -0.0332. The summed E-state index contributed by atoms with van der Waals surface area (Å²) in [6.07, 6.45) is 9.91. The highest BCUT2D eigenvalue weighted by molar-refractivity contribution is 5.94. The number of nitrogens with one attached hydrogen (secondary N) is 1. The third-order valence-electron chi connectivity index (χ3n) is 7.85. The van der Waals surface area contributed by atoms with Gasteiger partial charge in [-0.05, 0) is 48.6 Å². The number of benzene rings is 1. The third kappa shape index (κ3) is 5.72. The number of anilines is 2. The molecule has 0 aliphatic carbocycles. The van der Waals surface area contributed by atoms with Crippen LogP contribution < -0.4 is 10.2 Å². The number of morpholine rings is 1. The average molecular weight is 542 g/mol. The molecule has 3 aliphatic rings. The van der Waals surface area contributed by atoms with Gasteiger partial charge in [-0.3, -0.25) is 9.59 Å². The molecule has 1 aromatic carbocycles. The Morgan fingerprint density at radius 1 is 1.02 bits per heavy atom. The fourth-order valence-electron chi connectivity index (χ4n) is 5.40. The van der Waals surface area contributed by atoms with E-state index in [0.717, 1.165) is 48.7 Å². The summed E-state index contributed by atoms with van der Waals surface area (Å²) in [5.74, 6) is 2.28. The number of aromatic nitrogens is 3. The fraction of sp³-hybridized carbons (Fsp3) is 0.400. The van der Waals surface area contributed by atoms with Crippen molar-refractivity contribution in [2.45, 2.75) is 32.9 Å². The number of likely N-dealkylation sites (tertiary alicyclic amines) is 1. The lowest BCUT2D eigenvalue weighted by Gasteiger charge is -2.31. The maximum absolute atomic E-state index is 12.9. The van der Waals surface area contributed by atoms with Crippen molar-refractivity contribution in [3.05, 3.63) is 78.1 Å². The van der Waals surface area contributed by atoms with Crippen LogP contribution in [0.3, 0.4) is 0 Å². The summed E-state index contributed by atoms with van der Waals surface area (Å²) in [5.41, 5.74) is 3.34. The summed E-state index contributed by atoms with van der Waals surface area (Å²) < 4.78 is 7.41. The van der Waals surface area contributed by atoms with Gasteiger partial charge in [0.2, 0.25) is 5.91 Å². The molecule has 2 amide bonds. The van der Waals surface area contributed by atoms with Crippen molar-refractivity contribution in [2.24, 2.45) is 5.92 Å². The summed E-state index contributed by atoms with van der Waals surface area (Å²) in [7, 11) is 0. The van der Waals surface area contributed by atoms with Crippen LogP contribution in [0, 0.1) is 5.92 Å². The van der Waals surface area contributed by atoms with E-state index in [4.69, 9.17) is 4.74 Å². The molecule has 2 saturated heterocycles. The molecule has 3 aliphatic heterocycles. The van der Waals surface area contributed by atoms with Gasteiger partial charge in [-0.25, -0.2) is 9.97 Å². The van der Waals surface area contributed by atoms with Gasteiger partial charge in [-0.15, -0.1) is 0 Å². The highest BCUT2D eigenvalue weighted by atomic mass is 16.5. The van der Waals surface area contributed by atoms with E-state index < -0.39 is 0 Å². The first-order valence-corrected chi connectivity index (χ1v) is 14.0.